The summed E-state index contributed by atoms with van der Waals surface area (Å²) in [7, 11) is 0. The first kappa shape index (κ1) is 14.8. The van der Waals surface area contributed by atoms with E-state index in [1.54, 1.807) is 0 Å². The lowest BCUT2D eigenvalue weighted by Gasteiger charge is -2.44. The van der Waals surface area contributed by atoms with E-state index in [0.29, 0.717) is 23.7 Å². The van der Waals surface area contributed by atoms with E-state index < -0.39 is 0 Å². The van der Waals surface area contributed by atoms with Crippen LogP contribution >= 0.6 is 0 Å². The maximum absolute atomic E-state index is 6.26. The predicted molar refractivity (Wildman–Crippen MR) is 83.9 cm³/mol. The van der Waals surface area contributed by atoms with Crippen molar-refractivity contribution in [1.82, 2.24) is 15.5 Å². The van der Waals surface area contributed by atoms with Crippen LogP contribution in [0.15, 0.2) is 0 Å². The molecule has 0 amide bonds. The number of piperidine rings is 1. The molecule has 3 atom stereocenters. The highest BCUT2D eigenvalue weighted by Crippen LogP contribution is 2.27. The molecule has 1 saturated carbocycles. The Morgan fingerprint density at radius 3 is 2.55 bits per heavy atom. The highest BCUT2D eigenvalue weighted by molar-refractivity contribution is 4.97. The van der Waals surface area contributed by atoms with E-state index >= 15 is 0 Å². The molecule has 2 aliphatic heterocycles. The summed E-state index contributed by atoms with van der Waals surface area (Å²) in [5.74, 6) is 0. The minimum absolute atomic E-state index is 0.387. The Morgan fingerprint density at radius 1 is 1.15 bits per heavy atom. The molecule has 4 heteroatoms. The largest absolute Gasteiger partial charge is 0.326 e. The van der Waals surface area contributed by atoms with Gasteiger partial charge in [0.05, 0.1) is 0 Å². The molecule has 0 aromatic heterocycles. The SMILES string of the molecule is CC1(N2CCC(N[C@H]3CCCC[C@@H]3N)CC2)CCNC1. The first-order valence-electron chi connectivity index (χ1n) is 8.65. The normalized spacial score (nSPS) is 41.1. The van der Waals surface area contributed by atoms with E-state index in [9.17, 15) is 0 Å². The molecule has 20 heavy (non-hydrogen) atoms. The minimum Gasteiger partial charge on any atom is -0.326 e. The molecule has 1 aliphatic carbocycles. The highest BCUT2D eigenvalue weighted by Gasteiger charge is 2.37. The number of likely N-dealkylation sites (tertiary alicyclic amines) is 1. The van der Waals surface area contributed by atoms with Gasteiger partial charge in [-0.1, -0.05) is 12.8 Å². The van der Waals surface area contributed by atoms with Gasteiger partial charge in [0.2, 0.25) is 0 Å². The second-order valence-corrected chi connectivity index (χ2v) is 7.41. The van der Waals surface area contributed by atoms with Gasteiger partial charge in [0, 0.05) is 43.3 Å². The lowest BCUT2D eigenvalue weighted by atomic mass is 9.89. The fourth-order valence-electron chi connectivity index (χ4n) is 4.33. The topological polar surface area (TPSA) is 53.3 Å². The van der Waals surface area contributed by atoms with Crippen LogP contribution < -0.4 is 16.4 Å². The zero-order valence-corrected chi connectivity index (χ0v) is 13.0. The standard InChI is InChI=1S/C16H32N4/c1-16(8-9-18-12-16)20-10-6-13(7-11-20)19-15-5-3-2-4-14(15)17/h13-15,18-19H,2-12,17H2,1H3/t14-,15-,16?/m0/s1. The van der Waals surface area contributed by atoms with Crippen LogP contribution in [0, 0.1) is 0 Å². The van der Waals surface area contributed by atoms with Gasteiger partial charge < -0.3 is 16.4 Å². The number of nitrogens with two attached hydrogens (primary N) is 1. The third-order valence-electron chi connectivity index (χ3n) is 5.87. The van der Waals surface area contributed by atoms with Gasteiger partial charge in [0.1, 0.15) is 0 Å². The van der Waals surface area contributed by atoms with Crippen LogP contribution in [0.3, 0.4) is 0 Å². The van der Waals surface area contributed by atoms with Crippen LogP contribution in [0.2, 0.25) is 0 Å². The number of hydrogen-bond acceptors (Lipinski definition) is 4. The molecule has 1 unspecified atom stereocenters. The Morgan fingerprint density at radius 2 is 1.90 bits per heavy atom. The van der Waals surface area contributed by atoms with Crippen molar-refractivity contribution in [3.8, 4) is 0 Å². The summed E-state index contributed by atoms with van der Waals surface area (Å²) in [5.41, 5.74) is 6.67. The molecule has 0 aromatic carbocycles. The maximum Gasteiger partial charge on any atom is 0.0317 e. The molecular weight excluding hydrogens is 248 g/mol. The van der Waals surface area contributed by atoms with Gasteiger partial charge in [-0.25, -0.2) is 0 Å². The van der Waals surface area contributed by atoms with Crippen molar-refractivity contribution in [2.45, 2.75) is 75.5 Å². The predicted octanol–water partition coefficient (Wildman–Crippen LogP) is 1.06. The molecule has 0 aromatic rings. The van der Waals surface area contributed by atoms with Crippen LogP contribution in [0.4, 0.5) is 0 Å². The fraction of sp³-hybridized carbons (Fsp3) is 1.00. The van der Waals surface area contributed by atoms with Crippen molar-refractivity contribution >= 4 is 0 Å². The van der Waals surface area contributed by atoms with E-state index in [1.165, 1.54) is 71.1 Å². The van der Waals surface area contributed by atoms with Crippen LogP contribution in [0.25, 0.3) is 0 Å². The van der Waals surface area contributed by atoms with Crippen LogP contribution in [-0.2, 0) is 0 Å². The van der Waals surface area contributed by atoms with Gasteiger partial charge in [0.15, 0.2) is 0 Å². The molecule has 2 saturated heterocycles. The average molecular weight is 280 g/mol. The van der Waals surface area contributed by atoms with E-state index in [2.05, 4.69) is 22.5 Å². The van der Waals surface area contributed by atoms with Gasteiger partial charge in [-0.2, -0.15) is 0 Å². The summed E-state index contributed by atoms with van der Waals surface area (Å²) in [4.78, 5) is 2.71. The third-order valence-corrected chi connectivity index (χ3v) is 5.87. The lowest BCUT2D eigenvalue weighted by Crippen LogP contribution is -2.57. The summed E-state index contributed by atoms with van der Waals surface area (Å²) in [6, 6.07) is 1.65. The molecular formula is C16H32N4. The van der Waals surface area contributed by atoms with Crippen LogP contribution in [0.1, 0.15) is 51.9 Å². The maximum atomic E-state index is 6.26. The monoisotopic (exact) mass is 280 g/mol. The van der Waals surface area contributed by atoms with Crippen molar-refractivity contribution in [3.05, 3.63) is 0 Å². The van der Waals surface area contributed by atoms with Gasteiger partial charge in [-0.15, -0.1) is 0 Å². The third kappa shape index (κ3) is 3.19. The van der Waals surface area contributed by atoms with Gasteiger partial charge in [-0.3, -0.25) is 4.90 Å². The Balaban J connectivity index is 1.46. The smallest absolute Gasteiger partial charge is 0.0317 e. The molecule has 4 N–H and O–H groups in total. The molecule has 116 valence electrons. The van der Waals surface area contributed by atoms with Crippen LogP contribution in [-0.4, -0.2) is 54.7 Å². The second-order valence-electron chi connectivity index (χ2n) is 7.41. The van der Waals surface area contributed by atoms with Crippen molar-refractivity contribution in [3.63, 3.8) is 0 Å². The quantitative estimate of drug-likeness (QED) is 0.724. The molecule has 0 radical (unpaired) electrons. The Bertz CT molecular complexity index is 306. The number of nitrogens with one attached hydrogen (secondary N) is 2. The Labute approximate surface area is 123 Å². The first-order chi connectivity index (χ1) is 9.67. The second kappa shape index (κ2) is 6.30. The number of nitrogens with zero attached hydrogens (tertiary/aromatic N) is 1. The number of hydrogen-bond donors (Lipinski definition) is 3. The molecule has 2 heterocycles. The summed E-state index contributed by atoms with van der Waals surface area (Å²) >= 11 is 0. The Kier molecular flexibility index (Phi) is 4.65. The summed E-state index contributed by atoms with van der Waals surface area (Å²) in [5, 5.41) is 7.38. The molecule has 0 spiro atoms. The van der Waals surface area contributed by atoms with E-state index in [4.69, 9.17) is 5.73 Å². The minimum atomic E-state index is 0.387. The molecule has 0 bridgehead atoms. The van der Waals surface area contributed by atoms with Crippen molar-refractivity contribution < 1.29 is 0 Å². The molecule has 3 rings (SSSR count). The molecule has 3 aliphatic rings. The van der Waals surface area contributed by atoms with Gasteiger partial charge >= 0.3 is 0 Å². The van der Waals surface area contributed by atoms with Crippen molar-refractivity contribution in [1.29, 1.82) is 0 Å². The van der Waals surface area contributed by atoms with Gasteiger partial charge in [-0.05, 0) is 45.6 Å². The van der Waals surface area contributed by atoms with Crippen molar-refractivity contribution in [2.24, 2.45) is 5.73 Å². The zero-order chi connectivity index (χ0) is 14.0. The van der Waals surface area contributed by atoms with Gasteiger partial charge in [0.25, 0.3) is 0 Å². The molecule has 3 fully saturated rings. The van der Waals surface area contributed by atoms with Crippen LogP contribution in [0.5, 0.6) is 0 Å². The fourth-order valence-corrected chi connectivity index (χ4v) is 4.33. The summed E-state index contributed by atoms with van der Waals surface area (Å²) in [6.07, 6.45) is 9.05. The number of rotatable bonds is 3. The summed E-state index contributed by atoms with van der Waals surface area (Å²) < 4.78 is 0. The summed E-state index contributed by atoms with van der Waals surface area (Å²) in [6.45, 7) is 7.28. The van der Waals surface area contributed by atoms with E-state index in [-0.39, 0.29) is 0 Å². The highest BCUT2D eigenvalue weighted by atomic mass is 15.2. The van der Waals surface area contributed by atoms with Crippen molar-refractivity contribution in [2.75, 3.05) is 26.2 Å². The molecule has 4 nitrogen and oxygen atoms in total. The Hall–Kier alpha value is -0.160. The van der Waals surface area contributed by atoms with E-state index in [0.717, 1.165) is 0 Å². The zero-order valence-electron chi connectivity index (χ0n) is 13.0. The van der Waals surface area contributed by atoms with E-state index in [1.807, 2.05) is 0 Å². The first-order valence-corrected chi connectivity index (χ1v) is 8.65. The lowest BCUT2D eigenvalue weighted by molar-refractivity contribution is 0.0792. The average Bonchev–Trinajstić information content (AvgIpc) is 2.90.